The summed E-state index contributed by atoms with van der Waals surface area (Å²) >= 11 is 3.69. The molecule has 4 rings (SSSR count). The van der Waals surface area contributed by atoms with Crippen LogP contribution in [-0.2, 0) is 10.8 Å². The average Bonchev–Trinajstić information content (AvgIpc) is 3.46. The zero-order chi connectivity index (χ0) is 24.3. The van der Waals surface area contributed by atoms with E-state index < -0.39 is 0 Å². The molecule has 2 nitrogen and oxygen atoms in total. The lowest BCUT2D eigenvalue weighted by molar-refractivity contribution is 0.603. The van der Waals surface area contributed by atoms with E-state index in [0.29, 0.717) is 0 Å². The molecule has 0 N–H and O–H groups in total. The van der Waals surface area contributed by atoms with E-state index in [1.165, 1.54) is 19.5 Å². The van der Waals surface area contributed by atoms with Crippen molar-refractivity contribution in [3.05, 3.63) is 91.6 Å². The van der Waals surface area contributed by atoms with Crippen LogP contribution in [0.25, 0.3) is 35.7 Å². The van der Waals surface area contributed by atoms with Crippen LogP contribution in [0.4, 0.5) is 0 Å². The van der Waals surface area contributed by atoms with Crippen LogP contribution in [0, 0.1) is 0 Å². The van der Waals surface area contributed by atoms with Gasteiger partial charge < -0.3 is 0 Å². The lowest BCUT2D eigenvalue weighted by atomic mass is 9.95. The molecule has 0 atom stereocenters. The largest absolute Gasteiger partial charge is 0.255 e. The van der Waals surface area contributed by atoms with Gasteiger partial charge in [0.05, 0.1) is 11.4 Å². The summed E-state index contributed by atoms with van der Waals surface area (Å²) in [6.45, 7) is 13.5. The summed E-state index contributed by atoms with van der Waals surface area (Å²) < 4.78 is 0. The van der Waals surface area contributed by atoms with Gasteiger partial charge in [0.15, 0.2) is 0 Å². The summed E-state index contributed by atoms with van der Waals surface area (Å²) in [6, 6.07) is 17.1. The van der Waals surface area contributed by atoms with Crippen molar-refractivity contribution in [1.82, 2.24) is 9.97 Å². The van der Waals surface area contributed by atoms with Crippen molar-refractivity contribution in [3.8, 4) is 11.4 Å². The van der Waals surface area contributed by atoms with Crippen LogP contribution in [0.3, 0.4) is 0 Å². The van der Waals surface area contributed by atoms with E-state index in [0.717, 1.165) is 22.5 Å². The third-order valence-corrected chi connectivity index (χ3v) is 8.39. The maximum atomic E-state index is 4.57. The average molecular weight is 485 g/mol. The number of nitrogens with zero attached hydrogens (tertiary/aromatic N) is 2. The molecule has 0 amide bonds. The summed E-state index contributed by atoms with van der Waals surface area (Å²) in [5.41, 5.74) is 4.36. The van der Waals surface area contributed by atoms with Gasteiger partial charge in [0.1, 0.15) is 0 Å². The number of rotatable bonds is 5. The third kappa shape index (κ3) is 6.19. The molecule has 0 saturated heterocycles. The fraction of sp³-hybridized carbons (Fsp3) is 0.267. The first-order valence-corrected chi connectivity index (χ1v) is 13.2. The Hall–Kier alpha value is -2.82. The molecule has 34 heavy (non-hydrogen) atoms. The second kappa shape index (κ2) is 9.81. The van der Waals surface area contributed by atoms with Gasteiger partial charge in [-0.3, -0.25) is 9.97 Å². The Morgan fingerprint density at radius 1 is 0.559 bits per heavy atom. The maximum Gasteiger partial charge on any atom is 0.0892 e. The summed E-state index contributed by atoms with van der Waals surface area (Å²) in [6.07, 6.45) is 12.4. The molecule has 0 saturated carbocycles. The molecular weight excluding hydrogens is 452 g/mol. The van der Waals surface area contributed by atoms with Crippen molar-refractivity contribution in [2.75, 3.05) is 0 Å². The van der Waals surface area contributed by atoms with Crippen LogP contribution < -0.4 is 0 Å². The fourth-order valence-corrected chi connectivity index (χ4v) is 5.37. The maximum absolute atomic E-state index is 4.57. The number of pyridine rings is 2. The van der Waals surface area contributed by atoms with E-state index in [1.54, 1.807) is 0 Å². The quantitative estimate of drug-likeness (QED) is 0.282. The van der Waals surface area contributed by atoms with Gasteiger partial charge in [0, 0.05) is 31.9 Å². The first-order valence-electron chi connectivity index (χ1n) is 11.6. The molecule has 0 bridgehead atoms. The van der Waals surface area contributed by atoms with E-state index >= 15 is 0 Å². The predicted octanol–water partition coefficient (Wildman–Crippen LogP) is 9.20. The third-order valence-electron chi connectivity index (χ3n) is 5.44. The van der Waals surface area contributed by atoms with Gasteiger partial charge in [-0.05, 0) is 82.6 Å². The van der Waals surface area contributed by atoms with E-state index in [4.69, 9.17) is 0 Å². The second-order valence-corrected chi connectivity index (χ2v) is 12.8. The standard InChI is InChI=1S/C30H32N2S2/c1-29(2,3)27-13-11-23(33-27)9-7-21-15-17-31-25(19-21)26-20-22(16-18-32-26)8-10-24-12-14-28(34-24)30(4,5)6/h7-20H,1-6H3. The molecule has 4 heteroatoms. The SMILES string of the molecule is CC(C)(C)c1ccc(C=Cc2ccnc(-c3cc(C=Cc4ccc(C(C)(C)C)s4)ccn3)c2)s1. The fourth-order valence-electron chi connectivity index (χ4n) is 3.43. The van der Waals surface area contributed by atoms with Crippen LogP contribution >= 0.6 is 22.7 Å². The molecule has 4 aromatic heterocycles. The van der Waals surface area contributed by atoms with Gasteiger partial charge in [-0.2, -0.15) is 0 Å². The molecule has 4 aromatic rings. The van der Waals surface area contributed by atoms with Gasteiger partial charge in [-0.15, -0.1) is 22.7 Å². The van der Waals surface area contributed by atoms with Crippen LogP contribution in [0.1, 0.15) is 72.2 Å². The molecule has 0 unspecified atom stereocenters. The van der Waals surface area contributed by atoms with Crippen molar-refractivity contribution >= 4 is 47.0 Å². The van der Waals surface area contributed by atoms with Crippen LogP contribution in [0.2, 0.25) is 0 Å². The first kappa shape index (κ1) is 24.3. The minimum Gasteiger partial charge on any atom is -0.255 e. The first-order chi connectivity index (χ1) is 16.1. The number of aromatic nitrogens is 2. The summed E-state index contributed by atoms with van der Waals surface area (Å²) in [5, 5.41) is 0. The van der Waals surface area contributed by atoms with Gasteiger partial charge >= 0.3 is 0 Å². The highest BCUT2D eigenvalue weighted by Gasteiger charge is 2.16. The lowest BCUT2D eigenvalue weighted by Crippen LogP contribution is -2.07. The number of hydrogen-bond donors (Lipinski definition) is 0. The van der Waals surface area contributed by atoms with Crippen molar-refractivity contribution < 1.29 is 0 Å². The molecule has 0 fully saturated rings. The minimum atomic E-state index is 0.185. The Labute approximate surface area is 211 Å². The molecule has 174 valence electrons. The Morgan fingerprint density at radius 2 is 0.971 bits per heavy atom. The Morgan fingerprint density at radius 3 is 1.32 bits per heavy atom. The van der Waals surface area contributed by atoms with Crippen molar-refractivity contribution in [3.63, 3.8) is 0 Å². The van der Waals surface area contributed by atoms with E-state index in [2.05, 4.69) is 112 Å². The Bertz CT molecular complexity index is 1220. The second-order valence-electron chi connectivity index (χ2n) is 10.5. The normalized spacial score (nSPS) is 12.8. The molecule has 4 heterocycles. The van der Waals surface area contributed by atoms with Gasteiger partial charge in [-0.25, -0.2) is 0 Å². The number of hydrogen-bond acceptors (Lipinski definition) is 4. The monoisotopic (exact) mass is 484 g/mol. The molecule has 0 aliphatic rings. The minimum absolute atomic E-state index is 0.185. The molecule has 0 spiro atoms. The summed E-state index contributed by atoms with van der Waals surface area (Å²) in [4.78, 5) is 14.5. The molecule has 0 aliphatic carbocycles. The van der Waals surface area contributed by atoms with Crippen LogP contribution in [0.15, 0.2) is 60.9 Å². The van der Waals surface area contributed by atoms with Crippen LogP contribution in [0.5, 0.6) is 0 Å². The molecule has 0 radical (unpaired) electrons. The van der Waals surface area contributed by atoms with Crippen molar-refractivity contribution in [2.45, 2.75) is 52.4 Å². The molecule has 0 aromatic carbocycles. The summed E-state index contributed by atoms with van der Waals surface area (Å²) in [7, 11) is 0. The molecular formula is C30H32N2S2. The van der Waals surface area contributed by atoms with Gasteiger partial charge in [0.2, 0.25) is 0 Å². The van der Waals surface area contributed by atoms with Crippen molar-refractivity contribution in [2.24, 2.45) is 0 Å². The van der Waals surface area contributed by atoms with E-state index in [1.807, 2.05) is 47.2 Å². The highest BCUT2D eigenvalue weighted by molar-refractivity contribution is 7.13. The van der Waals surface area contributed by atoms with E-state index in [-0.39, 0.29) is 10.8 Å². The Balaban J connectivity index is 1.51. The highest BCUT2D eigenvalue weighted by atomic mass is 32.1. The Kier molecular flexibility index (Phi) is 7.01. The predicted molar refractivity (Wildman–Crippen MR) is 151 cm³/mol. The smallest absolute Gasteiger partial charge is 0.0892 e. The highest BCUT2D eigenvalue weighted by Crippen LogP contribution is 2.31. The number of thiophene rings is 2. The van der Waals surface area contributed by atoms with E-state index in [9.17, 15) is 0 Å². The van der Waals surface area contributed by atoms with Gasteiger partial charge in [0.25, 0.3) is 0 Å². The van der Waals surface area contributed by atoms with Gasteiger partial charge in [-0.1, -0.05) is 53.7 Å². The summed E-state index contributed by atoms with van der Waals surface area (Å²) in [5.74, 6) is 0. The topological polar surface area (TPSA) is 25.8 Å². The molecule has 0 aliphatic heterocycles. The van der Waals surface area contributed by atoms with Crippen molar-refractivity contribution in [1.29, 1.82) is 0 Å². The van der Waals surface area contributed by atoms with Crippen LogP contribution in [-0.4, -0.2) is 9.97 Å². The lowest BCUT2D eigenvalue weighted by Gasteiger charge is -2.15. The zero-order valence-electron chi connectivity index (χ0n) is 20.8. The zero-order valence-corrected chi connectivity index (χ0v) is 22.4.